The number of aryl methyl sites for hydroxylation is 1. The quantitative estimate of drug-likeness (QED) is 0.936. The third-order valence-corrected chi connectivity index (χ3v) is 3.60. The molecule has 0 spiro atoms. The lowest BCUT2D eigenvalue weighted by Crippen LogP contribution is -2.15. The molecule has 2 aromatic rings. The molecule has 5 heteroatoms. The molecule has 4 nitrogen and oxygen atoms in total. The Morgan fingerprint density at radius 1 is 1.53 bits per heavy atom. The van der Waals surface area contributed by atoms with E-state index in [9.17, 15) is 0 Å². The summed E-state index contributed by atoms with van der Waals surface area (Å²) in [6.07, 6.45) is 3.50. The normalized spacial score (nSPS) is 15.1. The number of aromatic nitrogens is 2. The lowest BCUT2D eigenvalue weighted by molar-refractivity contribution is 0.352. The van der Waals surface area contributed by atoms with Crippen LogP contribution in [-0.4, -0.2) is 16.4 Å². The third kappa shape index (κ3) is 2.46. The van der Waals surface area contributed by atoms with Crippen LogP contribution < -0.4 is 10.5 Å². The number of ether oxygens (including phenoxy) is 1. The zero-order chi connectivity index (χ0) is 13.4. The molecule has 0 bridgehead atoms. The summed E-state index contributed by atoms with van der Waals surface area (Å²) in [5, 5.41) is 5.08. The maximum atomic E-state index is 6.21. The minimum atomic E-state index is -0.145. The Kier molecular flexibility index (Phi) is 3.21. The van der Waals surface area contributed by atoms with Crippen molar-refractivity contribution < 1.29 is 4.74 Å². The van der Waals surface area contributed by atoms with Crippen molar-refractivity contribution in [2.24, 2.45) is 12.8 Å². The Morgan fingerprint density at radius 3 is 3.11 bits per heavy atom. The van der Waals surface area contributed by atoms with Crippen LogP contribution >= 0.6 is 11.6 Å². The molecular weight excluding hydrogens is 262 g/mol. The van der Waals surface area contributed by atoms with Gasteiger partial charge in [0.2, 0.25) is 0 Å². The summed E-state index contributed by atoms with van der Waals surface area (Å²) in [5.41, 5.74) is 9.34. The number of benzene rings is 1. The Labute approximate surface area is 117 Å². The smallest absolute Gasteiger partial charge is 0.125 e. The highest BCUT2D eigenvalue weighted by molar-refractivity contribution is 6.30. The lowest BCUT2D eigenvalue weighted by Gasteiger charge is -2.13. The third-order valence-electron chi connectivity index (χ3n) is 3.38. The fraction of sp³-hybridized carbons (Fsp3) is 0.357. The molecule has 2 N–H and O–H groups in total. The first kappa shape index (κ1) is 12.5. The van der Waals surface area contributed by atoms with Gasteiger partial charge < -0.3 is 10.5 Å². The summed E-state index contributed by atoms with van der Waals surface area (Å²) in [4.78, 5) is 0. The number of hydrogen-bond donors (Lipinski definition) is 1. The fourth-order valence-electron chi connectivity index (χ4n) is 2.47. The van der Waals surface area contributed by atoms with Gasteiger partial charge in [-0.3, -0.25) is 4.68 Å². The first-order chi connectivity index (χ1) is 9.13. The van der Waals surface area contributed by atoms with E-state index in [1.54, 1.807) is 4.68 Å². The summed E-state index contributed by atoms with van der Waals surface area (Å²) in [6, 6.07) is 5.71. The summed E-state index contributed by atoms with van der Waals surface area (Å²) in [6.45, 7) is 0.724. The number of hydrogen-bond acceptors (Lipinski definition) is 3. The van der Waals surface area contributed by atoms with E-state index in [0.29, 0.717) is 6.42 Å². The number of nitrogens with two attached hydrogens (primary N) is 1. The van der Waals surface area contributed by atoms with Gasteiger partial charge in [0, 0.05) is 24.7 Å². The number of halogens is 1. The second-order valence-corrected chi connectivity index (χ2v) is 5.31. The van der Waals surface area contributed by atoms with Crippen LogP contribution in [0.5, 0.6) is 5.75 Å². The van der Waals surface area contributed by atoms with Gasteiger partial charge in [0.15, 0.2) is 0 Å². The fourth-order valence-corrected chi connectivity index (χ4v) is 2.73. The van der Waals surface area contributed by atoms with Crippen molar-refractivity contribution in [3.05, 3.63) is 46.2 Å². The zero-order valence-corrected chi connectivity index (χ0v) is 11.5. The zero-order valence-electron chi connectivity index (χ0n) is 10.8. The van der Waals surface area contributed by atoms with Crippen molar-refractivity contribution in [1.82, 2.24) is 9.78 Å². The largest absolute Gasteiger partial charge is 0.493 e. The molecule has 0 radical (unpaired) electrons. The molecule has 1 aliphatic heterocycles. The van der Waals surface area contributed by atoms with Gasteiger partial charge in [0.1, 0.15) is 5.75 Å². The molecule has 3 rings (SSSR count). The molecule has 0 amide bonds. The van der Waals surface area contributed by atoms with Crippen LogP contribution in [0.4, 0.5) is 0 Å². The molecule has 0 saturated carbocycles. The minimum absolute atomic E-state index is 0.145. The molecule has 1 aliphatic rings. The van der Waals surface area contributed by atoms with Crippen LogP contribution in [0.25, 0.3) is 0 Å². The van der Waals surface area contributed by atoms with Gasteiger partial charge in [-0.25, -0.2) is 0 Å². The highest BCUT2D eigenvalue weighted by Gasteiger charge is 2.20. The molecule has 1 atom stereocenters. The summed E-state index contributed by atoms with van der Waals surface area (Å²) >= 11 is 6.15. The van der Waals surface area contributed by atoms with Crippen molar-refractivity contribution in [1.29, 1.82) is 0 Å². The van der Waals surface area contributed by atoms with E-state index in [1.807, 2.05) is 31.4 Å². The van der Waals surface area contributed by atoms with E-state index in [0.717, 1.165) is 35.1 Å². The highest BCUT2D eigenvalue weighted by Crippen LogP contribution is 2.34. The van der Waals surface area contributed by atoms with Gasteiger partial charge in [-0.2, -0.15) is 5.10 Å². The highest BCUT2D eigenvalue weighted by atomic mass is 35.5. The van der Waals surface area contributed by atoms with Crippen LogP contribution in [0.15, 0.2) is 24.4 Å². The van der Waals surface area contributed by atoms with Gasteiger partial charge in [0.25, 0.3) is 0 Å². The Balaban J connectivity index is 1.87. The standard InChI is InChI=1S/C14H16ClN3O/c1-18-4-2-13(17-18)12(16)8-10-7-11(15)6-9-3-5-19-14(9)10/h2,4,6-7,12H,3,5,8,16H2,1H3. The summed E-state index contributed by atoms with van der Waals surface area (Å²) in [5.74, 6) is 0.954. The van der Waals surface area contributed by atoms with Crippen molar-refractivity contribution in [3.8, 4) is 5.75 Å². The molecule has 19 heavy (non-hydrogen) atoms. The summed E-state index contributed by atoms with van der Waals surface area (Å²) < 4.78 is 7.44. The van der Waals surface area contributed by atoms with E-state index < -0.39 is 0 Å². The SMILES string of the molecule is Cn1ccc(C(N)Cc2cc(Cl)cc3c2OCC3)n1. The second-order valence-electron chi connectivity index (χ2n) is 4.88. The van der Waals surface area contributed by atoms with Crippen molar-refractivity contribution in [2.75, 3.05) is 6.61 Å². The van der Waals surface area contributed by atoms with Gasteiger partial charge in [-0.05, 0) is 35.7 Å². The second kappa shape index (κ2) is 4.87. The van der Waals surface area contributed by atoms with Crippen LogP contribution in [0.3, 0.4) is 0 Å². The molecule has 1 aromatic heterocycles. The first-order valence-electron chi connectivity index (χ1n) is 6.32. The number of nitrogens with zero attached hydrogens (tertiary/aromatic N) is 2. The Hall–Kier alpha value is -1.52. The molecule has 2 heterocycles. The molecule has 100 valence electrons. The Bertz CT molecular complexity index is 609. The average molecular weight is 278 g/mol. The lowest BCUT2D eigenvalue weighted by atomic mass is 10.0. The maximum absolute atomic E-state index is 6.21. The van der Waals surface area contributed by atoms with Crippen molar-refractivity contribution in [2.45, 2.75) is 18.9 Å². The van der Waals surface area contributed by atoms with Gasteiger partial charge in [-0.1, -0.05) is 11.6 Å². The molecule has 0 saturated heterocycles. The monoisotopic (exact) mass is 277 g/mol. The average Bonchev–Trinajstić information content (AvgIpc) is 2.97. The molecule has 1 unspecified atom stereocenters. The van der Waals surface area contributed by atoms with Gasteiger partial charge in [0.05, 0.1) is 18.3 Å². The first-order valence-corrected chi connectivity index (χ1v) is 6.70. The van der Waals surface area contributed by atoms with Crippen LogP contribution in [0.1, 0.15) is 22.9 Å². The van der Waals surface area contributed by atoms with Crippen LogP contribution in [0.2, 0.25) is 5.02 Å². The van der Waals surface area contributed by atoms with E-state index in [-0.39, 0.29) is 6.04 Å². The maximum Gasteiger partial charge on any atom is 0.125 e. The minimum Gasteiger partial charge on any atom is -0.493 e. The molecule has 0 fully saturated rings. The molecule has 1 aromatic carbocycles. The van der Waals surface area contributed by atoms with E-state index in [2.05, 4.69) is 5.10 Å². The van der Waals surface area contributed by atoms with Gasteiger partial charge in [-0.15, -0.1) is 0 Å². The molecular formula is C14H16ClN3O. The predicted octanol–water partition coefficient (Wildman–Crippen LogP) is 2.25. The predicted molar refractivity (Wildman–Crippen MR) is 74.5 cm³/mol. The van der Waals surface area contributed by atoms with Crippen molar-refractivity contribution in [3.63, 3.8) is 0 Å². The van der Waals surface area contributed by atoms with E-state index in [1.165, 1.54) is 5.56 Å². The molecule has 0 aliphatic carbocycles. The number of fused-ring (bicyclic) bond motifs is 1. The van der Waals surface area contributed by atoms with Gasteiger partial charge >= 0.3 is 0 Å². The Morgan fingerprint density at radius 2 is 2.37 bits per heavy atom. The van der Waals surface area contributed by atoms with E-state index >= 15 is 0 Å². The number of rotatable bonds is 3. The topological polar surface area (TPSA) is 53.1 Å². The van der Waals surface area contributed by atoms with Crippen LogP contribution in [-0.2, 0) is 19.9 Å². The van der Waals surface area contributed by atoms with E-state index in [4.69, 9.17) is 22.1 Å². The van der Waals surface area contributed by atoms with Crippen molar-refractivity contribution >= 4 is 11.6 Å². The van der Waals surface area contributed by atoms with Crippen LogP contribution in [0, 0.1) is 0 Å². The summed E-state index contributed by atoms with van der Waals surface area (Å²) in [7, 11) is 1.89.